The van der Waals surface area contributed by atoms with Crippen LogP contribution >= 0.6 is 7.82 Å². The lowest BCUT2D eigenvalue weighted by atomic mass is 10.0. The molecule has 0 heterocycles. The maximum absolute atomic E-state index is 12.3. The van der Waals surface area contributed by atoms with Crippen molar-refractivity contribution in [3.05, 3.63) is 12.2 Å². The van der Waals surface area contributed by atoms with E-state index >= 15 is 0 Å². The van der Waals surface area contributed by atoms with Crippen LogP contribution in [-0.2, 0) is 32.7 Å². The molecule has 10 nitrogen and oxygen atoms in total. The van der Waals surface area contributed by atoms with Crippen molar-refractivity contribution in [2.75, 3.05) is 26.4 Å². The Bertz CT molecular complexity index is 837. The smallest absolute Gasteiger partial charge is 0.457 e. The van der Waals surface area contributed by atoms with Gasteiger partial charge in [-0.15, -0.1) is 0 Å². The normalized spacial score (nSPS) is 14.1. The van der Waals surface area contributed by atoms with Gasteiger partial charge in [0.05, 0.1) is 26.4 Å². The number of unbranched alkanes of at least 4 members (excludes halogenated alkanes) is 21. The summed E-state index contributed by atoms with van der Waals surface area (Å²) in [4.78, 5) is 34.3. The number of allylic oxidation sites excluding steroid dienone is 2. The number of phosphoric acid groups is 1. The molecule has 0 aliphatic carbocycles. The Kier molecular flexibility index (Phi) is 34.2. The Balaban J connectivity index is 3.97. The predicted octanol–water partition coefficient (Wildman–Crippen LogP) is 9.67. The van der Waals surface area contributed by atoms with Gasteiger partial charge in [-0.1, -0.05) is 142 Å². The van der Waals surface area contributed by atoms with Crippen LogP contribution in [0.4, 0.5) is 0 Å². The molecule has 11 heteroatoms. The highest BCUT2D eigenvalue weighted by Crippen LogP contribution is 2.43. The molecule has 3 unspecified atom stereocenters. The van der Waals surface area contributed by atoms with Crippen molar-refractivity contribution >= 4 is 19.8 Å². The van der Waals surface area contributed by atoms with Crippen molar-refractivity contribution in [1.82, 2.24) is 0 Å². The molecule has 0 aliphatic rings. The molecule has 0 aromatic heterocycles. The number of hydrogen-bond acceptors (Lipinski definition) is 9. The fourth-order valence-corrected chi connectivity index (χ4v) is 6.19. The number of carbonyl (C=O) groups is 2. The number of hydrogen-bond donors (Lipinski definition) is 3. The minimum atomic E-state index is -4.63. The van der Waals surface area contributed by atoms with E-state index in [4.69, 9.17) is 18.5 Å². The molecule has 0 amide bonds. The van der Waals surface area contributed by atoms with Gasteiger partial charge in [0.15, 0.2) is 0 Å². The number of aliphatic hydroxyl groups is 2. The maximum Gasteiger partial charge on any atom is 0.472 e. The lowest BCUT2D eigenvalue weighted by molar-refractivity contribution is -0.153. The quantitative estimate of drug-likeness (QED) is 0.0245. The average Bonchev–Trinajstić information content (AvgIpc) is 3.09. The SMILES string of the molecule is CCCCCC/C=C\CCCCCCCC(=O)OC(CO)COP(=O)(O)OCC(CO)OC(=O)CCCCCCCCCCCCCCC. The summed E-state index contributed by atoms with van der Waals surface area (Å²) < 4.78 is 32.4. The standard InChI is InChI=1S/C38H73O10P/c1-3-5-7-9-11-13-15-17-19-21-23-25-27-29-37(41)47-35(31-39)33-45-49(43,44)46-34-36(32-40)48-38(42)30-28-26-24-22-20-18-16-14-12-10-8-6-4-2/h13,15,35-36,39-40H,3-12,14,16-34H2,1-2H3,(H,43,44)/b15-13-. The summed E-state index contributed by atoms with van der Waals surface area (Å²) in [6, 6.07) is 0. The molecular formula is C38H73O10P. The first-order valence-electron chi connectivity index (χ1n) is 19.6. The summed E-state index contributed by atoms with van der Waals surface area (Å²) in [5.41, 5.74) is 0. The van der Waals surface area contributed by atoms with Crippen LogP contribution in [0.25, 0.3) is 0 Å². The predicted molar refractivity (Wildman–Crippen MR) is 196 cm³/mol. The van der Waals surface area contributed by atoms with Gasteiger partial charge in [-0.3, -0.25) is 18.6 Å². The molecule has 3 atom stereocenters. The Labute approximate surface area is 298 Å². The minimum Gasteiger partial charge on any atom is -0.457 e. The second kappa shape index (κ2) is 35.1. The van der Waals surface area contributed by atoms with E-state index in [2.05, 4.69) is 26.0 Å². The van der Waals surface area contributed by atoms with Gasteiger partial charge >= 0.3 is 19.8 Å². The zero-order valence-electron chi connectivity index (χ0n) is 31.2. The van der Waals surface area contributed by atoms with Crippen LogP contribution in [-0.4, -0.2) is 65.7 Å². The average molecular weight is 721 g/mol. The van der Waals surface area contributed by atoms with Crippen LogP contribution in [0.2, 0.25) is 0 Å². The molecule has 49 heavy (non-hydrogen) atoms. The molecule has 0 aromatic carbocycles. The molecule has 0 rings (SSSR count). The Hall–Kier alpha value is -1.29. The van der Waals surface area contributed by atoms with E-state index in [1.165, 1.54) is 83.5 Å². The van der Waals surface area contributed by atoms with Crippen LogP contribution in [0.1, 0.15) is 181 Å². The molecular weight excluding hydrogens is 647 g/mol. The van der Waals surface area contributed by atoms with E-state index in [0.29, 0.717) is 12.8 Å². The van der Waals surface area contributed by atoms with Gasteiger partial charge in [0.2, 0.25) is 0 Å². The maximum atomic E-state index is 12.3. The van der Waals surface area contributed by atoms with Crippen LogP contribution in [0.15, 0.2) is 12.2 Å². The second-order valence-corrected chi connectivity index (χ2v) is 14.7. The van der Waals surface area contributed by atoms with E-state index in [1.807, 2.05) is 0 Å². The molecule has 0 radical (unpaired) electrons. The van der Waals surface area contributed by atoms with Gasteiger partial charge in [0.1, 0.15) is 12.2 Å². The number of ether oxygens (including phenoxy) is 2. The number of aliphatic hydroxyl groups excluding tert-OH is 2. The number of rotatable bonds is 37. The highest BCUT2D eigenvalue weighted by molar-refractivity contribution is 7.47. The third-order valence-electron chi connectivity index (χ3n) is 8.48. The zero-order chi connectivity index (χ0) is 36.3. The summed E-state index contributed by atoms with van der Waals surface area (Å²) in [7, 11) is -4.63. The van der Waals surface area contributed by atoms with Crippen LogP contribution in [0, 0.1) is 0 Å². The van der Waals surface area contributed by atoms with Gasteiger partial charge in [-0.25, -0.2) is 4.57 Å². The molecule has 0 fully saturated rings. The third-order valence-corrected chi connectivity index (χ3v) is 9.43. The third kappa shape index (κ3) is 33.6. The molecule has 0 saturated carbocycles. The summed E-state index contributed by atoms with van der Waals surface area (Å²) in [6.07, 6.45) is 30.4. The van der Waals surface area contributed by atoms with Crippen LogP contribution in [0.3, 0.4) is 0 Å². The van der Waals surface area contributed by atoms with Crippen molar-refractivity contribution in [2.45, 2.75) is 193 Å². The molecule has 0 aromatic rings. The van der Waals surface area contributed by atoms with E-state index in [-0.39, 0.29) is 12.8 Å². The lowest BCUT2D eigenvalue weighted by Crippen LogP contribution is -2.28. The van der Waals surface area contributed by atoms with Crippen LogP contribution in [0.5, 0.6) is 0 Å². The second-order valence-electron chi connectivity index (χ2n) is 13.3. The molecule has 290 valence electrons. The van der Waals surface area contributed by atoms with E-state index in [1.54, 1.807) is 0 Å². The zero-order valence-corrected chi connectivity index (χ0v) is 32.1. The van der Waals surface area contributed by atoms with Gasteiger partial charge < -0.3 is 24.6 Å². The largest absolute Gasteiger partial charge is 0.472 e. The molecule has 0 bridgehead atoms. The first-order chi connectivity index (χ1) is 23.8. The van der Waals surface area contributed by atoms with Crippen LogP contribution < -0.4 is 0 Å². The van der Waals surface area contributed by atoms with Gasteiger partial charge in [-0.05, 0) is 38.5 Å². The molecule has 0 spiro atoms. The first kappa shape index (κ1) is 47.7. The lowest BCUT2D eigenvalue weighted by Gasteiger charge is -2.20. The van der Waals surface area contributed by atoms with Gasteiger partial charge in [-0.2, -0.15) is 0 Å². The fraction of sp³-hybridized carbons (Fsp3) is 0.895. The van der Waals surface area contributed by atoms with Gasteiger partial charge in [0.25, 0.3) is 0 Å². The Morgan fingerprint density at radius 2 is 0.837 bits per heavy atom. The molecule has 0 saturated heterocycles. The Morgan fingerprint density at radius 1 is 0.531 bits per heavy atom. The minimum absolute atomic E-state index is 0.185. The molecule has 0 aliphatic heterocycles. The summed E-state index contributed by atoms with van der Waals surface area (Å²) in [6.45, 7) is 2.18. The number of phosphoric ester groups is 1. The Morgan fingerprint density at radius 3 is 1.18 bits per heavy atom. The number of esters is 2. The first-order valence-corrected chi connectivity index (χ1v) is 21.1. The van der Waals surface area contributed by atoms with E-state index in [0.717, 1.165) is 57.8 Å². The van der Waals surface area contributed by atoms with Crippen molar-refractivity contribution in [3.63, 3.8) is 0 Å². The van der Waals surface area contributed by atoms with Crippen molar-refractivity contribution < 1.29 is 47.8 Å². The highest BCUT2D eigenvalue weighted by atomic mass is 31.2. The molecule has 3 N–H and O–H groups in total. The van der Waals surface area contributed by atoms with E-state index in [9.17, 15) is 29.3 Å². The van der Waals surface area contributed by atoms with Crippen molar-refractivity contribution in [3.8, 4) is 0 Å². The monoisotopic (exact) mass is 720 g/mol. The summed E-state index contributed by atoms with van der Waals surface area (Å²) >= 11 is 0. The number of carbonyl (C=O) groups excluding carboxylic acids is 2. The topological polar surface area (TPSA) is 149 Å². The summed E-state index contributed by atoms with van der Waals surface area (Å²) in [5, 5.41) is 19.1. The highest BCUT2D eigenvalue weighted by Gasteiger charge is 2.27. The van der Waals surface area contributed by atoms with E-state index < -0.39 is 58.4 Å². The summed E-state index contributed by atoms with van der Waals surface area (Å²) in [5.74, 6) is -1.02. The van der Waals surface area contributed by atoms with Crippen molar-refractivity contribution in [2.24, 2.45) is 0 Å². The fourth-order valence-electron chi connectivity index (χ4n) is 5.40. The van der Waals surface area contributed by atoms with Crippen molar-refractivity contribution in [1.29, 1.82) is 0 Å². The van der Waals surface area contributed by atoms with Gasteiger partial charge in [0, 0.05) is 12.8 Å².